The van der Waals surface area contributed by atoms with Crippen molar-refractivity contribution in [3.8, 4) is 0 Å². The molecule has 124 valence electrons. The van der Waals surface area contributed by atoms with Gasteiger partial charge in [0.05, 0.1) is 22.0 Å². The summed E-state index contributed by atoms with van der Waals surface area (Å²) >= 11 is 0. The molecule has 0 heterocycles. The van der Waals surface area contributed by atoms with E-state index in [4.69, 9.17) is 10.5 Å². The van der Waals surface area contributed by atoms with Gasteiger partial charge in [-0.2, -0.15) is 0 Å². The van der Waals surface area contributed by atoms with Crippen LogP contribution in [0.25, 0.3) is 0 Å². The number of ether oxygens (including phenoxy) is 1. The van der Waals surface area contributed by atoms with E-state index in [2.05, 4.69) is 10.0 Å². The zero-order valence-electron chi connectivity index (χ0n) is 12.6. The number of nitrogens with zero attached hydrogens (tertiary/aromatic N) is 1. The van der Waals surface area contributed by atoms with E-state index in [-0.39, 0.29) is 29.4 Å². The fourth-order valence-corrected chi connectivity index (χ4v) is 2.52. The average Bonchev–Trinajstić information content (AvgIpc) is 2.44. The lowest BCUT2D eigenvalue weighted by atomic mass is 10.1. The summed E-state index contributed by atoms with van der Waals surface area (Å²) in [5.74, 6) is 0. The average molecular weight is 332 g/mol. The zero-order chi connectivity index (χ0) is 17.0. The predicted octanol–water partition coefficient (Wildman–Crippen LogP) is 0.279. The molecule has 10 heteroatoms. The van der Waals surface area contributed by atoms with E-state index in [1.165, 1.54) is 26.3 Å². The van der Waals surface area contributed by atoms with Gasteiger partial charge in [0.1, 0.15) is 5.69 Å². The Morgan fingerprint density at radius 2 is 2.09 bits per heavy atom. The van der Waals surface area contributed by atoms with Gasteiger partial charge in [0.15, 0.2) is 0 Å². The quantitative estimate of drug-likeness (QED) is 0.459. The molecule has 22 heavy (non-hydrogen) atoms. The number of nitro benzene ring substituents is 1. The molecule has 0 aliphatic carbocycles. The van der Waals surface area contributed by atoms with Crippen molar-refractivity contribution in [2.75, 3.05) is 32.6 Å². The standard InChI is InChI=1S/C12H20N4O5S/c1-12(13,8-21-3)7-15-10-5-4-9(22(19,20)14-2)6-11(10)16(17)18/h4-6,14-15H,7-8,13H2,1-3H3/t12-/m1/s1. The number of rotatable bonds is 8. The fraction of sp³-hybridized carbons (Fsp3) is 0.500. The van der Waals surface area contributed by atoms with Crippen LogP contribution in [0.4, 0.5) is 11.4 Å². The van der Waals surface area contributed by atoms with Crippen LogP contribution >= 0.6 is 0 Å². The third-order valence-electron chi connectivity index (χ3n) is 2.90. The molecule has 9 nitrogen and oxygen atoms in total. The van der Waals surface area contributed by atoms with Gasteiger partial charge < -0.3 is 15.8 Å². The minimum Gasteiger partial charge on any atom is -0.383 e. The largest absolute Gasteiger partial charge is 0.383 e. The first-order valence-electron chi connectivity index (χ1n) is 6.36. The van der Waals surface area contributed by atoms with E-state index in [0.717, 1.165) is 6.07 Å². The Kier molecular flexibility index (Phi) is 5.83. The number of nitro groups is 1. The van der Waals surface area contributed by atoms with Gasteiger partial charge in [-0.15, -0.1) is 0 Å². The van der Waals surface area contributed by atoms with E-state index in [9.17, 15) is 18.5 Å². The normalized spacial score (nSPS) is 14.4. The van der Waals surface area contributed by atoms with Crippen LogP contribution in [0, 0.1) is 10.1 Å². The van der Waals surface area contributed by atoms with Crippen molar-refractivity contribution in [1.82, 2.24) is 4.72 Å². The zero-order valence-corrected chi connectivity index (χ0v) is 13.4. The fourth-order valence-electron chi connectivity index (χ4n) is 1.77. The van der Waals surface area contributed by atoms with Crippen LogP contribution in [0.15, 0.2) is 23.1 Å². The van der Waals surface area contributed by atoms with Gasteiger partial charge in [0, 0.05) is 19.7 Å². The molecular formula is C12H20N4O5S. The maximum atomic E-state index is 11.7. The van der Waals surface area contributed by atoms with Gasteiger partial charge >= 0.3 is 0 Å². The summed E-state index contributed by atoms with van der Waals surface area (Å²) < 4.78 is 30.5. The van der Waals surface area contributed by atoms with Crippen LogP contribution in [0.3, 0.4) is 0 Å². The molecule has 1 aromatic carbocycles. The van der Waals surface area contributed by atoms with Gasteiger partial charge in [-0.1, -0.05) is 0 Å². The monoisotopic (exact) mass is 332 g/mol. The molecule has 1 rings (SSSR count). The molecule has 4 N–H and O–H groups in total. The van der Waals surface area contributed by atoms with Gasteiger partial charge in [-0.3, -0.25) is 10.1 Å². The van der Waals surface area contributed by atoms with Gasteiger partial charge in [-0.05, 0) is 26.1 Å². The molecule has 0 amide bonds. The molecule has 0 saturated heterocycles. The lowest BCUT2D eigenvalue weighted by Crippen LogP contribution is -2.47. The van der Waals surface area contributed by atoms with Crippen LogP contribution in [-0.4, -0.2) is 46.2 Å². The van der Waals surface area contributed by atoms with E-state index in [1.54, 1.807) is 6.92 Å². The number of nitrogens with two attached hydrogens (primary N) is 1. The third kappa shape index (κ3) is 4.63. The molecule has 0 aliphatic rings. The Labute approximate surface area is 129 Å². The first kappa shape index (κ1) is 18.3. The summed E-state index contributed by atoms with van der Waals surface area (Å²) in [5.41, 5.74) is 5.08. The maximum absolute atomic E-state index is 11.7. The van der Waals surface area contributed by atoms with E-state index < -0.39 is 20.5 Å². The van der Waals surface area contributed by atoms with Gasteiger partial charge in [0.2, 0.25) is 10.0 Å². The second-order valence-corrected chi connectivity index (χ2v) is 6.97. The number of sulfonamides is 1. The number of hydrogen-bond donors (Lipinski definition) is 3. The summed E-state index contributed by atoms with van der Waals surface area (Å²) in [5, 5.41) is 14.0. The lowest BCUT2D eigenvalue weighted by molar-refractivity contribution is -0.384. The number of nitrogens with one attached hydrogen (secondary N) is 2. The Morgan fingerprint density at radius 1 is 1.45 bits per heavy atom. The molecular weight excluding hydrogens is 312 g/mol. The molecule has 1 atom stereocenters. The van der Waals surface area contributed by atoms with Crippen LogP contribution < -0.4 is 15.8 Å². The molecule has 0 spiro atoms. The molecule has 0 aromatic heterocycles. The summed E-state index contributed by atoms with van der Waals surface area (Å²) in [4.78, 5) is 10.3. The molecule has 0 fully saturated rings. The number of benzene rings is 1. The number of methoxy groups -OCH3 is 1. The number of anilines is 1. The third-order valence-corrected chi connectivity index (χ3v) is 4.31. The molecule has 0 aliphatic heterocycles. The van der Waals surface area contributed by atoms with Crippen LogP contribution in [0.1, 0.15) is 6.92 Å². The highest BCUT2D eigenvalue weighted by Gasteiger charge is 2.23. The SMILES string of the molecule is CNS(=O)(=O)c1ccc(NC[C@@](C)(N)COC)c([N+](=O)[O-])c1. The van der Waals surface area contributed by atoms with Crippen LogP contribution in [0.5, 0.6) is 0 Å². The molecule has 1 aromatic rings. The predicted molar refractivity (Wildman–Crippen MR) is 82.3 cm³/mol. The highest BCUT2D eigenvalue weighted by Crippen LogP contribution is 2.27. The Morgan fingerprint density at radius 3 is 2.59 bits per heavy atom. The molecule has 0 radical (unpaired) electrons. The van der Waals surface area contributed by atoms with E-state index in [0.29, 0.717) is 0 Å². The lowest BCUT2D eigenvalue weighted by Gasteiger charge is -2.24. The Bertz CT molecular complexity index is 645. The first-order valence-corrected chi connectivity index (χ1v) is 7.85. The van der Waals surface area contributed by atoms with Gasteiger partial charge in [0.25, 0.3) is 5.69 Å². The van der Waals surface area contributed by atoms with Crippen molar-refractivity contribution in [2.24, 2.45) is 5.73 Å². The van der Waals surface area contributed by atoms with Crippen LogP contribution in [-0.2, 0) is 14.8 Å². The van der Waals surface area contributed by atoms with Crippen molar-refractivity contribution < 1.29 is 18.1 Å². The minimum absolute atomic E-state index is 0.181. The second kappa shape index (κ2) is 7.01. The summed E-state index contributed by atoms with van der Waals surface area (Å²) in [7, 11) is -1.01. The maximum Gasteiger partial charge on any atom is 0.293 e. The van der Waals surface area contributed by atoms with Crippen molar-refractivity contribution in [3.63, 3.8) is 0 Å². The first-order chi connectivity index (χ1) is 10.1. The van der Waals surface area contributed by atoms with Crippen molar-refractivity contribution >= 4 is 21.4 Å². The Hall–Kier alpha value is -1.75. The molecule has 0 bridgehead atoms. The molecule has 0 unspecified atom stereocenters. The number of hydrogen-bond acceptors (Lipinski definition) is 7. The van der Waals surface area contributed by atoms with Gasteiger partial charge in [-0.25, -0.2) is 13.1 Å². The van der Waals surface area contributed by atoms with Crippen molar-refractivity contribution in [1.29, 1.82) is 0 Å². The highest BCUT2D eigenvalue weighted by atomic mass is 32.2. The topological polar surface area (TPSA) is 137 Å². The molecule has 0 saturated carbocycles. The minimum atomic E-state index is -3.75. The van der Waals surface area contributed by atoms with Crippen molar-refractivity contribution in [3.05, 3.63) is 28.3 Å². The highest BCUT2D eigenvalue weighted by molar-refractivity contribution is 7.89. The van der Waals surface area contributed by atoms with Crippen LogP contribution in [0.2, 0.25) is 0 Å². The smallest absolute Gasteiger partial charge is 0.293 e. The summed E-state index contributed by atoms with van der Waals surface area (Å²) in [6, 6.07) is 3.62. The Balaban J connectivity index is 3.09. The van der Waals surface area contributed by atoms with E-state index in [1.807, 2.05) is 0 Å². The summed E-state index contributed by atoms with van der Waals surface area (Å²) in [6.45, 7) is 2.22. The van der Waals surface area contributed by atoms with E-state index >= 15 is 0 Å². The van der Waals surface area contributed by atoms with Crippen molar-refractivity contribution in [2.45, 2.75) is 17.4 Å². The second-order valence-electron chi connectivity index (χ2n) is 5.08. The summed E-state index contributed by atoms with van der Waals surface area (Å²) in [6.07, 6.45) is 0.